The highest BCUT2D eigenvalue weighted by Gasteiger charge is 2.09. The molecule has 0 spiro atoms. The summed E-state index contributed by atoms with van der Waals surface area (Å²) in [6, 6.07) is 8.75. The van der Waals surface area contributed by atoms with E-state index in [0.717, 1.165) is 5.56 Å². The normalized spacial score (nSPS) is 9.65. The molecule has 0 saturated heterocycles. The van der Waals surface area contributed by atoms with Gasteiger partial charge in [-0.15, -0.1) is 0 Å². The van der Waals surface area contributed by atoms with Gasteiger partial charge < -0.3 is 10.1 Å². The third-order valence-electron chi connectivity index (χ3n) is 2.80. The molecule has 0 aliphatic heterocycles. The molecule has 1 aromatic carbocycles. The zero-order valence-electron chi connectivity index (χ0n) is 11.2. The average molecular weight is 267 g/mol. The number of aryl methyl sites for hydroxylation is 1. The molecule has 5 nitrogen and oxygen atoms in total. The molecule has 0 radical (unpaired) electrons. The lowest BCUT2D eigenvalue weighted by Gasteiger charge is -2.08. The van der Waals surface area contributed by atoms with Gasteiger partial charge in [0.05, 0.1) is 24.6 Å². The second-order valence-electron chi connectivity index (χ2n) is 4.21. The van der Waals surface area contributed by atoms with Crippen LogP contribution in [0.4, 0.5) is 5.69 Å². The van der Waals surface area contributed by atoms with E-state index in [4.69, 9.17) is 10.00 Å². The van der Waals surface area contributed by atoms with Crippen LogP contribution in [0.25, 0.3) is 0 Å². The Kier molecular flexibility index (Phi) is 3.96. The molecule has 0 saturated carbocycles. The molecule has 1 heterocycles. The number of pyridine rings is 1. The van der Waals surface area contributed by atoms with Crippen molar-refractivity contribution in [1.29, 1.82) is 5.26 Å². The van der Waals surface area contributed by atoms with Gasteiger partial charge in [-0.1, -0.05) is 6.07 Å². The Bertz CT molecular complexity index is 690. The molecule has 0 atom stereocenters. The van der Waals surface area contributed by atoms with Crippen molar-refractivity contribution in [2.24, 2.45) is 0 Å². The molecule has 20 heavy (non-hydrogen) atoms. The van der Waals surface area contributed by atoms with Gasteiger partial charge in [0.1, 0.15) is 11.8 Å². The number of nitriles is 1. The van der Waals surface area contributed by atoms with Crippen LogP contribution in [0, 0.1) is 18.3 Å². The summed E-state index contributed by atoms with van der Waals surface area (Å²) in [6.45, 7) is 1.90. The molecule has 0 bridgehead atoms. The van der Waals surface area contributed by atoms with Gasteiger partial charge in [0, 0.05) is 11.8 Å². The highest BCUT2D eigenvalue weighted by molar-refractivity contribution is 6.04. The van der Waals surface area contributed by atoms with Gasteiger partial charge in [-0.25, -0.2) is 0 Å². The summed E-state index contributed by atoms with van der Waals surface area (Å²) < 4.78 is 5.19. The molecule has 100 valence electrons. The van der Waals surface area contributed by atoms with Crippen LogP contribution < -0.4 is 10.1 Å². The zero-order valence-corrected chi connectivity index (χ0v) is 11.2. The number of nitrogens with one attached hydrogen (secondary N) is 1. The van der Waals surface area contributed by atoms with E-state index in [-0.39, 0.29) is 5.91 Å². The Hall–Kier alpha value is -2.87. The van der Waals surface area contributed by atoms with Gasteiger partial charge in [-0.3, -0.25) is 9.78 Å². The van der Waals surface area contributed by atoms with Gasteiger partial charge in [0.25, 0.3) is 5.91 Å². The van der Waals surface area contributed by atoms with Crippen LogP contribution in [-0.4, -0.2) is 18.0 Å². The van der Waals surface area contributed by atoms with E-state index in [1.165, 1.54) is 12.4 Å². The summed E-state index contributed by atoms with van der Waals surface area (Å²) in [6.07, 6.45) is 2.93. The van der Waals surface area contributed by atoms with Crippen molar-refractivity contribution in [2.45, 2.75) is 6.92 Å². The quantitative estimate of drug-likeness (QED) is 0.927. The average Bonchev–Trinajstić information content (AvgIpc) is 2.47. The fraction of sp³-hybridized carbons (Fsp3) is 0.133. The molecule has 0 fully saturated rings. The van der Waals surface area contributed by atoms with E-state index in [1.807, 2.05) is 19.1 Å². The van der Waals surface area contributed by atoms with Crippen molar-refractivity contribution in [3.8, 4) is 11.8 Å². The Labute approximate surface area is 116 Å². The van der Waals surface area contributed by atoms with Crippen molar-refractivity contribution in [2.75, 3.05) is 12.4 Å². The van der Waals surface area contributed by atoms with Crippen molar-refractivity contribution < 1.29 is 9.53 Å². The fourth-order valence-corrected chi connectivity index (χ4v) is 1.73. The molecule has 0 aliphatic carbocycles. The SMILES string of the molecule is COc1cc(C(=O)Nc2cncc(C#N)c2)ccc1C. The number of rotatable bonds is 3. The van der Waals surface area contributed by atoms with E-state index >= 15 is 0 Å². The minimum absolute atomic E-state index is 0.278. The summed E-state index contributed by atoms with van der Waals surface area (Å²) >= 11 is 0. The second-order valence-corrected chi connectivity index (χ2v) is 4.21. The topological polar surface area (TPSA) is 75.0 Å². The Morgan fingerprint density at radius 3 is 2.85 bits per heavy atom. The minimum atomic E-state index is -0.278. The fourth-order valence-electron chi connectivity index (χ4n) is 1.73. The number of benzene rings is 1. The van der Waals surface area contributed by atoms with Crippen LogP contribution in [-0.2, 0) is 0 Å². The maximum absolute atomic E-state index is 12.1. The van der Waals surface area contributed by atoms with E-state index < -0.39 is 0 Å². The van der Waals surface area contributed by atoms with Gasteiger partial charge in [-0.05, 0) is 30.7 Å². The number of nitrogens with zero attached hydrogens (tertiary/aromatic N) is 2. The lowest BCUT2D eigenvalue weighted by Crippen LogP contribution is -2.12. The highest BCUT2D eigenvalue weighted by Crippen LogP contribution is 2.20. The van der Waals surface area contributed by atoms with Crippen molar-refractivity contribution in [1.82, 2.24) is 4.98 Å². The Morgan fingerprint density at radius 2 is 2.15 bits per heavy atom. The number of hydrogen-bond donors (Lipinski definition) is 1. The lowest BCUT2D eigenvalue weighted by atomic mass is 10.1. The summed E-state index contributed by atoms with van der Waals surface area (Å²) in [7, 11) is 1.56. The first-order valence-electron chi connectivity index (χ1n) is 5.95. The molecule has 1 aromatic heterocycles. The number of methoxy groups -OCH3 is 1. The van der Waals surface area contributed by atoms with Gasteiger partial charge >= 0.3 is 0 Å². The van der Waals surface area contributed by atoms with Gasteiger partial charge in [0.2, 0.25) is 0 Å². The van der Waals surface area contributed by atoms with Crippen LogP contribution in [0.1, 0.15) is 21.5 Å². The second kappa shape index (κ2) is 5.85. The first kappa shape index (κ1) is 13.6. The standard InChI is InChI=1S/C15H13N3O2/c1-10-3-4-12(6-14(10)20-2)15(19)18-13-5-11(7-16)8-17-9-13/h3-6,8-9H,1-2H3,(H,18,19). The summed E-state index contributed by atoms with van der Waals surface area (Å²) in [5.74, 6) is 0.377. The van der Waals surface area contributed by atoms with E-state index in [9.17, 15) is 4.79 Å². The third kappa shape index (κ3) is 2.93. The van der Waals surface area contributed by atoms with Crippen LogP contribution in [0.5, 0.6) is 5.75 Å². The number of amides is 1. The van der Waals surface area contributed by atoms with E-state index in [2.05, 4.69) is 10.3 Å². The number of anilines is 1. The molecular weight excluding hydrogens is 254 g/mol. The third-order valence-corrected chi connectivity index (χ3v) is 2.80. The number of aromatic nitrogens is 1. The largest absolute Gasteiger partial charge is 0.496 e. The number of carbonyl (C=O) groups is 1. The van der Waals surface area contributed by atoms with Crippen LogP contribution in [0.2, 0.25) is 0 Å². The van der Waals surface area contributed by atoms with E-state index in [0.29, 0.717) is 22.6 Å². The monoisotopic (exact) mass is 267 g/mol. The molecule has 1 N–H and O–H groups in total. The molecule has 0 unspecified atom stereocenters. The summed E-state index contributed by atoms with van der Waals surface area (Å²) in [5.41, 5.74) is 2.31. The zero-order chi connectivity index (χ0) is 14.5. The molecule has 5 heteroatoms. The van der Waals surface area contributed by atoms with Crippen LogP contribution >= 0.6 is 0 Å². The van der Waals surface area contributed by atoms with E-state index in [1.54, 1.807) is 25.3 Å². The predicted molar refractivity (Wildman–Crippen MR) is 74.6 cm³/mol. The smallest absolute Gasteiger partial charge is 0.255 e. The van der Waals surface area contributed by atoms with Crippen molar-refractivity contribution >= 4 is 11.6 Å². The number of ether oxygens (including phenoxy) is 1. The highest BCUT2D eigenvalue weighted by atomic mass is 16.5. The first-order chi connectivity index (χ1) is 9.63. The molecular formula is C15H13N3O2. The lowest BCUT2D eigenvalue weighted by molar-refractivity contribution is 0.102. The van der Waals surface area contributed by atoms with Crippen molar-refractivity contribution in [3.05, 3.63) is 53.3 Å². The molecule has 2 rings (SSSR count). The number of carbonyl (C=O) groups excluding carboxylic acids is 1. The maximum Gasteiger partial charge on any atom is 0.255 e. The summed E-state index contributed by atoms with van der Waals surface area (Å²) in [4.78, 5) is 16.0. The van der Waals surface area contributed by atoms with Gasteiger partial charge in [-0.2, -0.15) is 5.26 Å². The first-order valence-corrected chi connectivity index (χ1v) is 5.95. The van der Waals surface area contributed by atoms with Crippen molar-refractivity contribution in [3.63, 3.8) is 0 Å². The summed E-state index contributed by atoms with van der Waals surface area (Å²) in [5, 5.41) is 11.5. The predicted octanol–water partition coefficient (Wildman–Crippen LogP) is 2.52. The Balaban J connectivity index is 2.22. The number of hydrogen-bond acceptors (Lipinski definition) is 4. The van der Waals surface area contributed by atoms with Crippen LogP contribution in [0.3, 0.4) is 0 Å². The maximum atomic E-state index is 12.1. The molecule has 1 amide bonds. The molecule has 0 aliphatic rings. The van der Waals surface area contributed by atoms with Gasteiger partial charge in [0.15, 0.2) is 0 Å². The minimum Gasteiger partial charge on any atom is -0.496 e. The molecule has 2 aromatic rings. The Morgan fingerprint density at radius 1 is 1.35 bits per heavy atom. The van der Waals surface area contributed by atoms with Crippen LogP contribution in [0.15, 0.2) is 36.7 Å².